The van der Waals surface area contributed by atoms with E-state index in [0.29, 0.717) is 5.82 Å². The lowest BCUT2D eigenvalue weighted by Crippen LogP contribution is -2.18. The van der Waals surface area contributed by atoms with E-state index in [1.54, 1.807) is 24.5 Å². The van der Waals surface area contributed by atoms with Crippen LogP contribution < -0.4 is 10.6 Å². The second-order valence-corrected chi connectivity index (χ2v) is 4.64. The van der Waals surface area contributed by atoms with E-state index in [1.165, 1.54) is 6.20 Å². The predicted molar refractivity (Wildman–Crippen MR) is 74.2 cm³/mol. The molecule has 0 bridgehead atoms. The number of hydrogen-bond acceptors (Lipinski definition) is 5. The summed E-state index contributed by atoms with van der Waals surface area (Å²) < 4.78 is 0. The van der Waals surface area contributed by atoms with Gasteiger partial charge in [-0.05, 0) is 31.5 Å². The third-order valence-corrected chi connectivity index (χ3v) is 3.23. The van der Waals surface area contributed by atoms with Crippen LogP contribution in [-0.4, -0.2) is 27.4 Å². The van der Waals surface area contributed by atoms with Crippen molar-refractivity contribution in [1.29, 1.82) is 0 Å². The fourth-order valence-corrected chi connectivity index (χ4v) is 2.19. The van der Waals surface area contributed by atoms with Crippen LogP contribution in [0.1, 0.15) is 35.1 Å². The van der Waals surface area contributed by atoms with E-state index in [1.807, 2.05) is 6.07 Å². The van der Waals surface area contributed by atoms with E-state index in [2.05, 4.69) is 25.6 Å². The van der Waals surface area contributed by atoms with Crippen molar-refractivity contribution in [1.82, 2.24) is 20.3 Å². The first-order valence-corrected chi connectivity index (χ1v) is 6.60. The van der Waals surface area contributed by atoms with Crippen LogP contribution >= 0.6 is 0 Å². The summed E-state index contributed by atoms with van der Waals surface area (Å²) in [5.74, 6) is 0.197. The monoisotopic (exact) mass is 269 g/mol. The Balaban J connectivity index is 1.69. The van der Waals surface area contributed by atoms with Crippen molar-refractivity contribution in [2.75, 3.05) is 11.9 Å². The molecule has 1 aliphatic heterocycles. The van der Waals surface area contributed by atoms with Crippen molar-refractivity contribution in [2.24, 2.45) is 0 Å². The van der Waals surface area contributed by atoms with Gasteiger partial charge >= 0.3 is 0 Å². The zero-order valence-electron chi connectivity index (χ0n) is 10.9. The summed E-state index contributed by atoms with van der Waals surface area (Å²) in [6.45, 7) is 1.01. The summed E-state index contributed by atoms with van der Waals surface area (Å²) in [5, 5.41) is 6.03. The Bertz CT molecular complexity index is 578. The molecule has 3 heterocycles. The maximum absolute atomic E-state index is 12.0. The normalized spacial score (nSPS) is 17.9. The van der Waals surface area contributed by atoms with Crippen LogP contribution in [0, 0.1) is 0 Å². The predicted octanol–water partition coefficient (Wildman–Crippen LogP) is 1.55. The average Bonchev–Trinajstić information content (AvgIpc) is 3.03. The van der Waals surface area contributed by atoms with E-state index in [0.717, 1.165) is 25.1 Å². The molecule has 2 aromatic rings. The standard InChI is InChI=1S/C14H15N5O/c20-14(19-13-5-1-2-6-16-13)12-9-17-11(8-18-12)10-4-3-7-15-10/h1-2,5-6,8-10,15H,3-4,7H2,(H,16,19,20)/t10-/m0/s1. The summed E-state index contributed by atoms with van der Waals surface area (Å²) in [7, 11) is 0. The number of nitrogens with one attached hydrogen (secondary N) is 2. The molecule has 0 radical (unpaired) electrons. The number of carbonyl (C=O) groups is 1. The minimum Gasteiger partial charge on any atom is -0.309 e. The van der Waals surface area contributed by atoms with Crippen LogP contribution in [0.15, 0.2) is 36.8 Å². The van der Waals surface area contributed by atoms with E-state index in [4.69, 9.17) is 0 Å². The molecule has 1 aliphatic rings. The number of rotatable bonds is 3. The number of anilines is 1. The lowest BCUT2D eigenvalue weighted by atomic mass is 10.2. The summed E-state index contributed by atoms with van der Waals surface area (Å²) in [5.41, 5.74) is 1.18. The molecule has 0 aromatic carbocycles. The molecule has 102 valence electrons. The first kappa shape index (κ1) is 12.7. The van der Waals surface area contributed by atoms with Crippen molar-refractivity contribution in [2.45, 2.75) is 18.9 Å². The first-order chi connectivity index (χ1) is 9.83. The molecule has 3 rings (SSSR count). The molecule has 0 unspecified atom stereocenters. The van der Waals surface area contributed by atoms with E-state index in [-0.39, 0.29) is 17.6 Å². The average molecular weight is 269 g/mol. The largest absolute Gasteiger partial charge is 0.309 e. The lowest BCUT2D eigenvalue weighted by Gasteiger charge is -2.09. The third-order valence-electron chi connectivity index (χ3n) is 3.23. The summed E-state index contributed by atoms with van der Waals surface area (Å²) >= 11 is 0. The molecule has 1 saturated heterocycles. The van der Waals surface area contributed by atoms with Gasteiger partial charge in [0.25, 0.3) is 5.91 Å². The summed E-state index contributed by atoms with van der Waals surface area (Å²) in [6.07, 6.45) is 7.00. The Morgan fingerprint density at radius 3 is 2.85 bits per heavy atom. The Kier molecular flexibility index (Phi) is 3.64. The molecule has 2 aromatic heterocycles. The van der Waals surface area contributed by atoms with E-state index in [9.17, 15) is 4.79 Å². The van der Waals surface area contributed by atoms with Crippen molar-refractivity contribution < 1.29 is 4.79 Å². The zero-order valence-corrected chi connectivity index (χ0v) is 10.9. The molecule has 2 N–H and O–H groups in total. The topological polar surface area (TPSA) is 79.8 Å². The van der Waals surface area contributed by atoms with Crippen LogP contribution in [0.3, 0.4) is 0 Å². The molecule has 0 spiro atoms. The second kappa shape index (κ2) is 5.75. The lowest BCUT2D eigenvalue weighted by molar-refractivity contribution is 0.102. The summed E-state index contributed by atoms with van der Waals surface area (Å²) in [6, 6.07) is 5.58. The van der Waals surface area contributed by atoms with E-state index >= 15 is 0 Å². The van der Waals surface area contributed by atoms with Gasteiger partial charge in [0, 0.05) is 6.20 Å². The molecule has 0 aliphatic carbocycles. The number of carbonyl (C=O) groups excluding carboxylic acids is 1. The number of hydrogen-bond donors (Lipinski definition) is 2. The molecular formula is C14H15N5O. The van der Waals surface area contributed by atoms with Gasteiger partial charge in [-0.2, -0.15) is 0 Å². The highest BCUT2D eigenvalue weighted by Gasteiger charge is 2.18. The summed E-state index contributed by atoms with van der Waals surface area (Å²) in [4.78, 5) is 24.5. The van der Waals surface area contributed by atoms with Crippen LogP contribution in [0.4, 0.5) is 5.82 Å². The molecule has 1 fully saturated rings. The minimum atomic E-state index is -0.304. The number of amides is 1. The van der Waals surface area contributed by atoms with Crippen LogP contribution in [0.25, 0.3) is 0 Å². The third kappa shape index (κ3) is 2.80. The van der Waals surface area contributed by atoms with Gasteiger partial charge in [-0.1, -0.05) is 6.07 Å². The van der Waals surface area contributed by atoms with Crippen molar-refractivity contribution in [3.8, 4) is 0 Å². The number of aromatic nitrogens is 3. The molecule has 6 heteroatoms. The SMILES string of the molecule is O=C(Nc1ccccn1)c1cnc([C@@H]2CCCN2)cn1. The molecule has 1 amide bonds. The van der Waals surface area contributed by atoms with Gasteiger partial charge in [0.05, 0.1) is 24.1 Å². The van der Waals surface area contributed by atoms with Crippen molar-refractivity contribution in [3.63, 3.8) is 0 Å². The molecular weight excluding hydrogens is 254 g/mol. The number of pyridine rings is 1. The van der Waals surface area contributed by atoms with Gasteiger partial charge in [-0.15, -0.1) is 0 Å². The molecule has 0 saturated carbocycles. The maximum Gasteiger partial charge on any atom is 0.277 e. The maximum atomic E-state index is 12.0. The van der Waals surface area contributed by atoms with Gasteiger partial charge in [-0.25, -0.2) is 9.97 Å². The fraction of sp³-hybridized carbons (Fsp3) is 0.286. The van der Waals surface area contributed by atoms with Crippen LogP contribution in [-0.2, 0) is 0 Å². The van der Waals surface area contributed by atoms with E-state index < -0.39 is 0 Å². The van der Waals surface area contributed by atoms with Crippen LogP contribution in [0.2, 0.25) is 0 Å². The quantitative estimate of drug-likeness (QED) is 0.883. The van der Waals surface area contributed by atoms with Gasteiger partial charge in [0.15, 0.2) is 0 Å². The Morgan fingerprint density at radius 1 is 1.25 bits per heavy atom. The van der Waals surface area contributed by atoms with Crippen molar-refractivity contribution in [3.05, 3.63) is 48.2 Å². The highest BCUT2D eigenvalue weighted by molar-refractivity contribution is 6.02. The van der Waals surface area contributed by atoms with Gasteiger partial charge in [-0.3, -0.25) is 9.78 Å². The molecule has 1 atom stereocenters. The van der Waals surface area contributed by atoms with Gasteiger partial charge in [0.1, 0.15) is 11.5 Å². The van der Waals surface area contributed by atoms with Crippen molar-refractivity contribution >= 4 is 11.7 Å². The highest BCUT2D eigenvalue weighted by Crippen LogP contribution is 2.20. The first-order valence-electron chi connectivity index (χ1n) is 6.60. The van der Waals surface area contributed by atoms with Gasteiger partial charge < -0.3 is 10.6 Å². The Morgan fingerprint density at radius 2 is 2.20 bits per heavy atom. The Hall–Kier alpha value is -2.34. The highest BCUT2D eigenvalue weighted by atomic mass is 16.1. The zero-order chi connectivity index (χ0) is 13.8. The minimum absolute atomic E-state index is 0.260. The Labute approximate surface area is 116 Å². The second-order valence-electron chi connectivity index (χ2n) is 4.64. The van der Waals surface area contributed by atoms with Gasteiger partial charge in [0.2, 0.25) is 0 Å². The number of nitrogens with zero attached hydrogens (tertiary/aromatic N) is 3. The smallest absolute Gasteiger partial charge is 0.277 e. The van der Waals surface area contributed by atoms with Crippen LogP contribution in [0.5, 0.6) is 0 Å². The fourth-order valence-electron chi connectivity index (χ4n) is 2.19. The molecule has 20 heavy (non-hydrogen) atoms. The molecule has 6 nitrogen and oxygen atoms in total.